The van der Waals surface area contributed by atoms with Crippen LogP contribution in [0.4, 0.5) is 0 Å². The van der Waals surface area contributed by atoms with Gasteiger partial charge in [-0.05, 0) is 30.8 Å². The van der Waals surface area contributed by atoms with Crippen molar-refractivity contribution in [3.63, 3.8) is 0 Å². The molecule has 136 valence electrons. The number of hydrogen-bond acceptors (Lipinski definition) is 6. The molecule has 0 aliphatic carbocycles. The van der Waals surface area contributed by atoms with Gasteiger partial charge in [0.05, 0.1) is 19.3 Å². The van der Waals surface area contributed by atoms with Crippen molar-refractivity contribution in [2.24, 2.45) is 0 Å². The van der Waals surface area contributed by atoms with E-state index in [9.17, 15) is 14.4 Å². The smallest absolute Gasteiger partial charge is 0.308 e. The highest BCUT2D eigenvalue weighted by Gasteiger charge is 2.34. The Hall–Kier alpha value is -2.42. The van der Waals surface area contributed by atoms with Crippen LogP contribution < -0.4 is 10.6 Å². The summed E-state index contributed by atoms with van der Waals surface area (Å²) in [5, 5.41) is 5.28. The zero-order valence-corrected chi connectivity index (χ0v) is 14.8. The van der Waals surface area contributed by atoms with E-state index >= 15 is 0 Å². The zero-order valence-electron chi connectivity index (χ0n) is 13.9. The van der Waals surface area contributed by atoms with Gasteiger partial charge in [-0.3, -0.25) is 19.7 Å². The number of nitrogens with zero attached hydrogens (tertiary/aromatic N) is 1. The number of carbonyl (C=O) groups is 3. The first-order chi connectivity index (χ1) is 12.0. The lowest BCUT2D eigenvalue weighted by atomic mass is 10.1. The summed E-state index contributed by atoms with van der Waals surface area (Å²) < 4.78 is 10.1. The van der Waals surface area contributed by atoms with Crippen molar-refractivity contribution in [1.29, 1.82) is 0 Å². The number of esters is 1. The van der Waals surface area contributed by atoms with Crippen molar-refractivity contribution in [2.75, 3.05) is 19.7 Å². The molecular formula is C16H21N3O5S. The van der Waals surface area contributed by atoms with E-state index in [0.29, 0.717) is 19.7 Å². The van der Waals surface area contributed by atoms with Gasteiger partial charge in [-0.1, -0.05) is 13.3 Å². The highest BCUT2D eigenvalue weighted by Crippen LogP contribution is 2.11. The fourth-order valence-electron chi connectivity index (χ4n) is 2.35. The largest absolute Gasteiger partial charge is 0.466 e. The molecule has 0 unspecified atom stereocenters. The fourth-order valence-corrected chi connectivity index (χ4v) is 2.66. The van der Waals surface area contributed by atoms with E-state index in [1.54, 1.807) is 6.07 Å². The topological polar surface area (TPSA) is 101 Å². The predicted octanol–water partition coefficient (Wildman–Crippen LogP) is 0.828. The quantitative estimate of drug-likeness (QED) is 0.436. The van der Waals surface area contributed by atoms with Crippen LogP contribution in [0.3, 0.4) is 0 Å². The second-order valence-corrected chi connectivity index (χ2v) is 5.90. The van der Waals surface area contributed by atoms with Crippen molar-refractivity contribution in [3.8, 4) is 0 Å². The molecule has 25 heavy (non-hydrogen) atoms. The fraction of sp³-hybridized carbons (Fsp3) is 0.500. The molecule has 1 aromatic rings. The summed E-state index contributed by atoms with van der Waals surface area (Å²) in [4.78, 5) is 37.6. The lowest BCUT2D eigenvalue weighted by Gasteiger charge is -2.36. The number of furan rings is 1. The van der Waals surface area contributed by atoms with Crippen LogP contribution in [0.5, 0.6) is 0 Å². The zero-order chi connectivity index (χ0) is 18.2. The molecule has 1 aliphatic rings. The molecule has 1 fully saturated rings. The lowest BCUT2D eigenvalue weighted by Crippen LogP contribution is -2.60. The van der Waals surface area contributed by atoms with Gasteiger partial charge in [0, 0.05) is 13.1 Å². The number of piperazine rings is 1. The minimum absolute atomic E-state index is 0.0719. The molecule has 0 radical (unpaired) electrons. The SMILES string of the molecule is CCCCOC(=O)C[C@H]1C(=O)NCCN1C(=S)NC(=O)c1ccco1. The number of unbranched alkanes of at least 4 members (excludes halogenated alkanes) is 1. The average Bonchev–Trinajstić information content (AvgIpc) is 3.11. The molecule has 2 amide bonds. The van der Waals surface area contributed by atoms with Gasteiger partial charge in [0.1, 0.15) is 6.04 Å². The van der Waals surface area contributed by atoms with Crippen LogP contribution in [0.15, 0.2) is 22.8 Å². The van der Waals surface area contributed by atoms with Gasteiger partial charge in [0.15, 0.2) is 10.9 Å². The van der Waals surface area contributed by atoms with Gasteiger partial charge in [0.2, 0.25) is 5.91 Å². The first-order valence-electron chi connectivity index (χ1n) is 8.11. The molecular weight excluding hydrogens is 346 g/mol. The Morgan fingerprint density at radius 3 is 3.00 bits per heavy atom. The van der Waals surface area contributed by atoms with Crippen molar-refractivity contribution < 1.29 is 23.5 Å². The molecule has 1 atom stereocenters. The van der Waals surface area contributed by atoms with E-state index in [2.05, 4.69) is 10.6 Å². The summed E-state index contributed by atoms with van der Waals surface area (Å²) in [5.74, 6) is -1.20. The van der Waals surface area contributed by atoms with Gasteiger partial charge in [-0.25, -0.2) is 0 Å². The van der Waals surface area contributed by atoms with Crippen molar-refractivity contribution >= 4 is 35.1 Å². The average molecular weight is 367 g/mol. The Kier molecular flexibility index (Phi) is 6.93. The number of carbonyl (C=O) groups excluding carboxylic acids is 3. The van der Waals surface area contributed by atoms with Crippen molar-refractivity contribution in [2.45, 2.75) is 32.2 Å². The molecule has 0 bridgehead atoms. The summed E-state index contributed by atoms with van der Waals surface area (Å²) in [6.07, 6.45) is 2.92. The number of thiocarbonyl (C=S) groups is 1. The standard InChI is InChI=1S/C16H21N3O5S/c1-2-3-8-24-13(20)10-11-14(21)17-6-7-19(11)16(25)18-15(22)12-5-4-9-23-12/h4-5,9,11H,2-3,6-8,10H2,1H3,(H,17,21)(H,18,22,25)/t11-/m0/s1. The predicted molar refractivity (Wildman–Crippen MR) is 92.8 cm³/mol. The van der Waals surface area contributed by atoms with E-state index in [1.165, 1.54) is 17.2 Å². The number of hydrogen-bond donors (Lipinski definition) is 2. The molecule has 8 nitrogen and oxygen atoms in total. The molecule has 1 aromatic heterocycles. The molecule has 1 saturated heterocycles. The third kappa shape index (κ3) is 5.28. The Labute approximate surface area is 150 Å². The Bertz CT molecular complexity index is 632. The second kappa shape index (κ2) is 9.16. The number of nitrogens with one attached hydrogen (secondary N) is 2. The molecule has 1 aliphatic heterocycles. The third-order valence-corrected chi connectivity index (χ3v) is 4.01. The van der Waals surface area contributed by atoms with Crippen LogP contribution in [0, 0.1) is 0 Å². The summed E-state index contributed by atoms with van der Waals surface area (Å²) in [6.45, 7) is 3.07. The minimum atomic E-state index is -0.813. The van der Waals surface area contributed by atoms with Crippen LogP contribution in [0.25, 0.3) is 0 Å². The van der Waals surface area contributed by atoms with Crippen LogP contribution in [0.2, 0.25) is 0 Å². The first-order valence-corrected chi connectivity index (χ1v) is 8.52. The highest BCUT2D eigenvalue weighted by molar-refractivity contribution is 7.80. The van der Waals surface area contributed by atoms with Gasteiger partial charge in [-0.15, -0.1) is 0 Å². The van der Waals surface area contributed by atoms with Crippen LogP contribution >= 0.6 is 12.2 Å². The minimum Gasteiger partial charge on any atom is -0.466 e. The molecule has 9 heteroatoms. The molecule has 2 N–H and O–H groups in total. The number of rotatable bonds is 6. The van der Waals surface area contributed by atoms with Crippen molar-refractivity contribution in [1.82, 2.24) is 15.5 Å². The summed E-state index contributed by atoms with van der Waals surface area (Å²) in [6, 6.07) is 2.28. The second-order valence-electron chi connectivity index (χ2n) is 5.51. The summed E-state index contributed by atoms with van der Waals surface area (Å²) >= 11 is 5.23. The van der Waals surface area contributed by atoms with E-state index in [0.717, 1.165) is 12.8 Å². The normalized spacial score (nSPS) is 16.9. The maximum Gasteiger partial charge on any atom is 0.308 e. The molecule has 0 aromatic carbocycles. The van der Waals surface area contributed by atoms with Gasteiger partial charge < -0.3 is 19.4 Å². The summed E-state index contributed by atoms with van der Waals surface area (Å²) in [7, 11) is 0. The van der Waals surface area contributed by atoms with Crippen LogP contribution in [-0.2, 0) is 14.3 Å². The molecule has 0 spiro atoms. The molecule has 2 heterocycles. The number of ether oxygens (including phenoxy) is 1. The van der Waals surface area contributed by atoms with Gasteiger partial charge in [0.25, 0.3) is 5.91 Å². The monoisotopic (exact) mass is 367 g/mol. The van der Waals surface area contributed by atoms with E-state index in [4.69, 9.17) is 21.4 Å². The van der Waals surface area contributed by atoms with Crippen molar-refractivity contribution in [3.05, 3.63) is 24.2 Å². The maximum absolute atomic E-state index is 12.1. The van der Waals surface area contributed by atoms with E-state index in [-0.39, 0.29) is 23.2 Å². The van der Waals surface area contributed by atoms with E-state index in [1.807, 2.05) is 6.92 Å². The van der Waals surface area contributed by atoms with Gasteiger partial charge in [-0.2, -0.15) is 0 Å². The van der Waals surface area contributed by atoms with Gasteiger partial charge >= 0.3 is 5.97 Å². The Balaban J connectivity index is 1.97. The maximum atomic E-state index is 12.1. The highest BCUT2D eigenvalue weighted by atomic mass is 32.1. The number of amides is 2. The molecule has 2 rings (SSSR count). The Morgan fingerprint density at radius 1 is 1.52 bits per heavy atom. The third-order valence-electron chi connectivity index (χ3n) is 3.68. The molecule has 0 saturated carbocycles. The van der Waals surface area contributed by atoms with E-state index < -0.39 is 17.9 Å². The van der Waals surface area contributed by atoms with Crippen LogP contribution in [-0.4, -0.2) is 53.5 Å². The Morgan fingerprint density at radius 2 is 2.32 bits per heavy atom. The van der Waals surface area contributed by atoms with Crippen LogP contribution in [0.1, 0.15) is 36.7 Å². The summed E-state index contributed by atoms with van der Waals surface area (Å²) in [5.41, 5.74) is 0. The first kappa shape index (κ1) is 18.9. The lowest BCUT2D eigenvalue weighted by molar-refractivity contribution is -0.147.